The summed E-state index contributed by atoms with van der Waals surface area (Å²) in [6.45, 7) is 3.16. The second-order valence-electron chi connectivity index (χ2n) is 3.50. The van der Waals surface area contributed by atoms with Gasteiger partial charge in [0.1, 0.15) is 11.3 Å². The van der Waals surface area contributed by atoms with E-state index in [1.54, 1.807) is 0 Å². The highest BCUT2D eigenvalue weighted by molar-refractivity contribution is 5.70. The minimum Gasteiger partial charge on any atom is -0.370 e. The molecule has 80 valence electrons. The van der Waals surface area contributed by atoms with E-state index >= 15 is 0 Å². The number of fused-ring (bicyclic) bond motifs is 1. The highest BCUT2D eigenvalue weighted by Gasteiger charge is 2.00. The SMILES string of the molecule is CCCCCNc1ccc2n[nH]nc2n1. The number of hydrogen-bond acceptors (Lipinski definition) is 4. The summed E-state index contributed by atoms with van der Waals surface area (Å²) in [6, 6.07) is 3.84. The standard InChI is InChI=1S/C10H15N5/c1-2-3-4-7-11-9-6-5-8-10(12-9)14-15-13-8/h5-6H,2-4,7H2,1H3,(H2,11,12,13,14,15). The van der Waals surface area contributed by atoms with Crippen molar-refractivity contribution in [1.29, 1.82) is 0 Å². The summed E-state index contributed by atoms with van der Waals surface area (Å²) >= 11 is 0. The van der Waals surface area contributed by atoms with E-state index in [0.717, 1.165) is 17.9 Å². The van der Waals surface area contributed by atoms with Gasteiger partial charge in [0.15, 0.2) is 0 Å². The molecule has 0 fully saturated rings. The molecule has 0 atom stereocenters. The van der Waals surface area contributed by atoms with E-state index in [9.17, 15) is 0 Å². The molecule has 15 heavy (non-hydrogen) atoms. The molecule has 0 aliphatic heterocycles. The summed E-state index contributed by atoms with van der Waals surface area (Å²) in [7, 11) is 0. The van der Waals surface area contributed by atoms with Crippen molar-refractivity contribution >= 4 is 17.0 Å². The molecule has 0 aliphatic rings. The first-order valence-electron chi connectivity index (χ1n) is 5.31. The number of nitrogens with zero attached hydrogens (tertiary/aromatic N) is 3. The molecule has 0 unspecified atom stereocenters. The lowest BCUT2D eigenvalue weighted by molar-refractivity contribution is 0.742. The quantitative estimate of drug-likeness (QED) is 0.732. The lowest BCUT2D eigenvalue weighted by Gasteiger charge is -2.03. The molecule has 2 heterocycles. The molecule has 0 aliphatic carbocycles. The minimum absolute atomic E-state index is 0.662. The van der Waals surface area contributed by atoms with E-state index in [2.05, 4.69) is 32.6 Å². The van der Waals surface area contributed by atoms with Crippen LogP contribution in [0.25, 0.3) is 11.2 Å². The summed E-state index contributed by atoms with van der Waals surface area (Å²) < 4.78 is 0. The van der Waals surface area contributed by atoms with Crippen LogP contribution in [0.4, 0.5) is 5.82 Å². The van der Waals surface area contributed by atoms with Gasteiger partial charge in [-0.3, -0.25) is 0 Å². The molecule has 0 radical (unpaired) electrons. The Morgan fingerprint density at radius 1 is 1.27 bits per heavy atom. The van der Waals surface area contributed by atoms with Gasteiger partial charge in [-0.1, -0.05) is 19.8 Å². The Bertz CT molecular complexity index is 422. The van der Waals surface area contributed by atoms with E-state index < -0.39 is 0 Å². The normalized spacial score (nSPS) is 10.7. The Morgan fingerprint density at radius 2 is 2.20 bits per heavy atom. The van der Waals surface area contributed by atoms with E-state index in [0.29, 0.717) is 5.65 Å². The lowest BCUT2D eigenvalue weighted by Crippen LogP contribution is -2.02. The molecule has 2 rings (SSSR count). The fraction of sp³-hybridized carbons (Fsp3) is 0.500. The summed E-state index contributed by atoms with van der Waals surface area (Å²) in [5.74, 6) is 0.868. The van der Waals surface area contributed by atoms with Gasteiger partial charge in [-0.05, 0) is 18.6 Å². The Hall–Kier alpha value is -1.65. The zero-order chi connectivity index (χ0) is 10.5. The molecule has 5 heteroatoms. The first-order valence-corrected chi connectivity index (χ1v) is 5.31. The first-order chi connectivity index (χ1) is 7.40. The van der Waals surface area contributed by atoms with E-state index in [1.165, 1.54) is 19.3 Å². The average Bonchev–Trinajstić information content (AvgIpc) is 2.71. The maximum Gasteiger partial charge on any atom is 0.203 e. The molecular formula is C10H15N5. The van der Waals surface area contributed by atoms with Crippen LogP contribution in [0.1, 0.15) is 26.2 Å². The van der Waals surface area contributed by atoms with Gasteiger partial charge in [0.25, 0.3) is 0 Å². The largest absolute Gasteiger partial charge is 0.370 e. The highest BCUT2D eigenvalue weighted by atomic mass is 15.3. The molecule has 0 spiro atoms. The van der Waals surface area contributed by atoms with E-state index in [1.807, 2.05) is 12.1 Å². The summed E-state index contributed by atoms with van der Waals surface area (Å²) in [4.78, 5) is 4.32. The first kappa shape index (κ1) is 9.89. The van der Waals surface area contributed by atoms with Crippen molar-refractivity contribution in [2.45, 2.75) is 26.2 Å². The number of unbranched alkanes of at least 4 members (excludes halogenated alkanes) is 2. The van der Waals surface area contributed by atoms with Crippen molar-refractivity contribution in [3.8, 4) is 0 Å². The molecule has 2 aromatic heterocycles. The highest BCUT2D eigenvalue weighted by Crippen LogP contribution is 2.09. The topological polar surface area (TPSA) is 66.5 Å². The molecule has 0 saturated carbocycles. The van der Waals surface area contributed by atoms with Gasteiger partial charge >= 0.3 is 0 Å². The third kappa shape index (κ3) is 2.43. The Balaban J connectivity index is 1.96. The Kier molecular flexibility index (Phi) is 3.11. The number of aromatic amines is 1. The number of aromatic nitrogens is 4. The molecule has 0 amide bonds. The van der Waals surface area contributed by atoms with Crippen LogP contribution in [0.3, 0.4) is 0 Å². The zero-order valence-corrected chi connectivity index (χ0v) is 8.82. The predicted molar refractivity (Wildman–Crippen MR) is 59.7 cm³/mol. The van der Waals surface area contributed by atoms with E-state index in [4.69, 9.17) is 0 Å². The van der Waals surface area contributed by atoms with Crippen molar-refractivity contribution < 1.29 is 0 Å². The summed E-state index contributed by atoms with van der Waals surface area (Å²) in [6.07, 6.45) is 3.66. The second-order valence-corrected chi connectivity index (χ2v) is 3.50. The fourth-order valence-corrected chi connectivity index (χ4v) is 1.43. The Labute approximate surface area is 88.3 Å². The maximum atomic E-state index is 4.32. The van der Waals surface area contributed by atoms with Crippen molar-refractivity contribution in [2.75, 3.05) is 11.9 Å². The summed E-state index contributed by atoms with van der Waals surface area (Å²) in [5.41, 5.74) is 1.46. The monoisotopic (exact) mass is 205 g/mol. The maximum absolute atomic E-state index is 4.32. The molecular weight excluding hydrogens is 190 g/mol. The van der Waals surface area contributed by atoms with Gasteiger partial charge < -0.3 is 5.32 Å². The van der Waals surface area contributed by atoms with Crippen LogP contribution >= 0.6 is 0 Å². The molecule has 2 N–H and O–H groups in total. The van der Waals surface area contributed by atoms with Crippen molar-refractivity contribution in [2.24, 2.45) is 0 Å². The van der Waals surface area contributed by atoms with Gasteiger partial charge in [-0.15, -0.1) is 5.10 Å². The number of anilines is 1. The molecule has 0 aromatic carbocycles. The average molecular weight is 205 g/mol. The van der Waals surface area contributed by atoms with Crippen molar-refractivity contribution in [3.63, 3.8) is 0 Å². The fourth-order valence-electron chi connectivity index (χ4n) is 1.43. The number of nitrogens with one attached hydrogen (secondary N) is 2. The number of hydrogen-bond donors (Lipinski definition) is 2. The van der Waals surface area contributed by atoms with Crippen LogP contribution in [-0.4, -0.2) is 26.9 Å². The van der Waals surface area contributed by atoms with Gasteiger partial charge in [-0.25, -0.2) is 4.98 Å². The Morgan fingerprint density at radius 3 is 3.07 bits per heavy atom. The minimum atomic E-state index is 0.662. The van der Waals surface area contributed by atoms with Crippen molar-refractivity contribution in [1.82, 2.24) is 20.4 Å². The van der Waals surface area contributed by atoms with Gasteiger partial charge in [0.2, 0.25) is 5.65 Å². The number of pyridine rings is 1. The zero-order valence-electron chi connectivity index (χ0n) is 8.82. The van der Waals surface area contributed by atoms with Crippen LogP contribution in [-0.2, 0) is 0 Å². The van der Waals surface area contributed by atoms with Crippen LogP contribution in [0.15, 0.2) is 12.1 Å². The molecule has 0 saturated heterocycles. The van der Waals surface area contributed by atoms with Crippen LogP contribution < -0.4 is 5.32 Å². The van der Waals surface area contributed by atoms with Crippen LogP contribution in [0, 0.1) is 0 Å². The molecule has 5 nitrogen and oxygen atoms in total. The van der Waals surface area contributed by atoms with Crippen molar-refractivity contribution in [3.05, 3.63) is 12.1 Å². The number of H-pyrrole nitrogens is 1. The third-order valence-corrected chi connectivity index (χ3v) is 2.27. The third-order valence-electron chi connectivity index (χ3n) is 2.27. The predicted octanol–water partition coefficient (Wildman–Crippen LogP) is 1.95. The van der Waals surface area contributed by atoms with Crippen LogP contribution in [0.2, 0.25) is 0 Å². The van der Waals surface area contributed by atoms with E-state index in [-0.39, 0.29) is 0 Å². The smallest absolute Gasteiger partial charge is 0.203 e. The number of rotatable bonds is 5. The molecule has 2 aromatic rings. The van der Waals surface area contributed by atoms with Crippen LogP contribution in [0.5, 0.6) is 0 Å². The second kappa shape index (κ2) is 4.72. The summed E-state index contributed by atoms with van der Waals surface area (Å²) in [5, 5.41) is 13.7. The lowest BCUT2D eigenvalue weighted by atomic mass is 10.2. The van der Waals surface area contributed by atoms with Gasteiger partial charge in [0, 0.05) is 6.54 Å². The molecule has 0 bridgehead atoms. The van der Waals surface area contributed by atoms with Gasteiger partial charge in [-0.2, -0.15) is 10.3 Å². The van der Waals surface area contributed by atoms with Gasteiger partial charge in [0.05, 0.1) is 0 Å².